The van der Waals surface area contributed by atoms with Crippen molar-refractivity contribution in [2.75, 3.05) is 19.7 Å². The normalized spacial score (nSPS) is 14.5. The molecule has 1 aromatic carbocycles. The lowest BCUT2D eigenvalue weighted by Crippen LogP contribution is -2.59. The Morgan fingerprint density at radius 3 is 1.63 bits per heavy atom. The minimum absolute atomic E-state index is 0.0180. The summed E-state index contributed by atoms with van der Waals surface area (Å²) >= 11 is 0. The number of carboxylic acids is 2. The Balaban J connectivity index is 3.13. The number of rotatable bonds is 32. The monoisotopic (exact) mass is 965 g/mol. The van der Waals surface area contributed by atoms with Gasteiger partial charge in [-0.2, -0.15) is 0 Å². The molecule has 0 spiro atoms. The van der Waals surface area contributed by atoms with E-state index in [9.17, 15) is 73.2 Å². The van der Waals surface area contributed by atoms with Crippen molar-refractivity contribution < 1.29 is 73.2 Å². The maximum absolute atomic E-state index is 13.7. The summed E-state index contributed by atoms with van der Waals surface area (Å²) in [6.45, 7) is 4.68. The van der Waals surface area contributed by atoms with Gasteiger partial charge in [0.1, 0.15) is 54.1 Å². The van der Waals surface area contributed by atoms with Gasteiger partial charge in [0.25, 0.3) is 0 Å². The van der Waals surface area contributed by atoms with Gasteiger partial charge in [-0.1, -0.05) is 26.0 Å². The largest absolute Gasteiger partial charge is 0.508 e. The van der Waals surface area contributed by atoms with E-state index in [-0.39, 0.29) is 37.4 Å². The first-order valence-corrected chi connectivity index (χ1v) is 21.8. The molecule has 26 nitrogen and oxygen atoms in total. The Bertz CT molecular complexity index is 1920. The lowest BCUT2D eigenvalue weighted by molar-refractivity contribution is -0.142. The number of phenolic OH excluding ortho intramolecular Hbond substituents is 1. The number of nitrogens with two attached hydrogens (primary N) is 3. The second-order valence-electron chi connectivity index (χ2n) is 16.4. The molecule has 8 atom stereocenters. The average molecular weight is 966 g/mol. The molecule has 9 amide bonds. The molecule has 380 valence electrons. The SMILES string of the molecule is CC(C)C[C@H](NC(=O)[C@H](Cc1ccc(O)cc1)NC(=O)[C@@H](N)CO)C(=O)N[C@@H](CCC(=O)O)C(=O)NCC(=O)N[C@@H](CCC(N)=O)C(=O)N[C@@H](C)C(=O)N[C@@H](C)C(=O)N[C@@H](CCCCN)C(=O)O. The highest BCUT2D eigenvalue weighted by atomic mass is 16.4. The van der Waals surface area contributed by atoms with Crippen molar-refractivity contribution in [3.63, 3.8) is 0 Å². The van der Waals surface area contributed by atoms with Crippen LogP contribution in [0.15, 0.2) is 24.3 Å². The third-order valence-electron chi connectivity index (χ3n) is 9.98. The fourth-order valence-electron chi connectivity index (χ4n) is 6.14. The van der Waals surface area contributed by atoms with E-state index < -0.39 is 146 Å². The van der Waals surface area contributed by atoms with Crippen LogP contribution in [0.5, 0.6) is 5.75 Å². The number of aromatic hydroxyl groups is 1. The summed E-state index contributed by atoms with van der Waals surface area (Å²) in [6.07, 6.45) is -1.05. The zero-order valence-corrected chi connectivity index (χ0v) is 38.5. The molecule has 0 aromatic heterocycles. The van der Waals surface area contributed by atoms with Crippen LogP contribution >= 0.6 is 0 Å². The number of hydrogen-bond acceptors (Lipinski definition) is 15. The van der Waals surface area contributed by atoms with Crippen LogP contribution in [0.1, 0.15) is 84.6 Å². The van der Waals surface area contributed by atoms with E-state index in [0.717, 1.165) is 0 Å². The third-order valence-corrected chi connectivity index (χ3v) is 9.98. The van der Waals surface area contributed by atoms with Gasteiger partial charge in [-0.3, -0.25) is 47.9 Å². The highest BCUT2D eigenvalue weighted by Gasteiger charge is 2.33. The molecular formula is C42H67N11O15. The van der Waals surface area contributed by atoms with E-state index in [1.54, 1.807) is 13.8 Å². The van der Waals surface area contributed by atoms with Crippen LogP contribution in [0.2, 0.25) is 0 Å². The number of amides is 9. The molecule has 0 radical (unpaired) electrons. The van der Waals surface area contributed by atoms with Gasteiger partial charge in [-0.15, -0.1) is 0 Å². The van der Waals surface area contributed by atoms with Crippen molar-refractivity contribution in [1.29, 1.82) is 0 Å². The van der Waals surface area contributed by atoms with Gasteiger partial charge in [-0.05, 0) is 82.5 Å². The molecule has 0 bridgehead atoms. The van der Waals surface area contributed by atoms with Crippen LogP contribution in [0, 0.1) is 5.92 Å². The smallest absolute Gasteiger partial charge is 0.326 e. The van der Waals surface area contributed by atoms with Gasteiger partial charge >= 0.3 is 11.9 Å². The summed E-state index contributed by atoms with van der Waals surface area (Å²) in [7, 11) is 0. The second-order valence-corrected chi connectivity index (χ2v) is 16.4. The van der Waals surface area contributed by atoms with Crippen molar-refractivity contribution in [2.45, 2.75) is 134 Å². The Labute approximate surface area is 392 Å². The van der Waals surface area contributed by atoms with Crippen LogP contribution in [0.4, 0.5) is 0 Å². The molecule has 0 aliphatic rings. The summed E-state index contributed by atoms with van der Waals surface area (Å²) in [5.74, 6) is -11.3. The molecule has 18 N–H and O–H groups in total. The van der Waals surface area contributed by atoms with Gasteiger partial charge in [0, 0.05) is 19.3 Å². The summed E-state index contributed by atoms with van der Waals surface area (Å²) in [6, 6.07) is -5.41. The molecular weight excluding hydrogens is 899 g/mol. The number of carboxylic acid groups (broad SMARTS) is 2. The summed E-state index contributed by atoms with van der Waals surface area (Å²) in [5.41, 5.74) is 16.8. The number of unbranched alkanes of at least 4 members (excludes halogenated alkanes) is 1. The minimum atomic E-state index is -1.60. The molecule has 68 heavy (non-hydrogen) atoms. The van der Waals surface area contributed by atoms with Crippen LogP contribution in [-0.2, 0) is 59.2 Å². The van der Waals surface area contributed by atoms with E-state index in [4.69, 9.17) is 17.2 Å². The predicted octanol–water partition coefficient (Wildman–Crippen LogP) is -4.81. The number of aliphatic hydroxyl groups excluding tert-OH is 1. The number of nitrogens with one attached hydrogen (secondary N) is 8. The van der Waals surface area contributed by atoms with Gasteiger partial charge < -0.3 is 80.2 Å². The standard InChI is InChI=1S/C42H67N11O15/c1-21(2)17-30(53-41(66)31(52-37(62)26(44)20-54)18-24-8-10-25(55)11-9-24)40(65)50-27(13-15-34(58)59)38(63)46-19-33(57)49-28(12-14-32(45)56)39(64)48-22(3)35(60)47-23(4)36(61)51-29(42(67)68)7-5-6-16-43/h8-11,21-23,26-31,54-55H,5-7,12-20,43-44H2,1-4H3,(H2,45,56)(H,46,63)(H,47,60)(H,48,64)(H,49,57)(H,50,65)(H,51,61)(H,52,62)(H,53,66)(H,58,59)(H,67,68)/t22-,23-,26-,27-,28-,29-,30-,31-/m0/s1. The lowest BCUT2D eigenvalue weighted by Gasteiger charge is -2.27. The van der Waals surface area contributed by atoms with Crippen molar-refractivity contribution in [3.8, 4) is 5.75 Å². The van der Waals surface area contributed by atoms with E-state index in [1.165, 1.54) is 38.1 Å². The van der Waals surface area contributed by atoms with Gasteiger partial charge in [0.15, 0.2) is 0 Å². The van der Waals surface area contributed by atoms with Crippen LogP contribution in [-0.4, -0.2) is 154 Å². The van der Waals surface area contributed by atoms with Crippen molar-refractivity contribution in [3.05, 3.63) is 29.8 Å². The third kappa shape index (κ3) is 23.0. The van der Waals surface area contributed by atoms with Gasteiger partial charge in [-0.25, -0.2) is 4.79 Å². The number of carbonyl (C=O) groups is 11. The maximum atomic E-state index is 13.7. The average Bonchev–Trinajstić information content (AvgIpc) is 3.27. The zero-order valence-electron chi connectivity index (χ0n) is 38.5. The number of aliphatic carboxylic acids is 2. The fourth-order valence-corrected chi connectivity index (χ4v) is 6.14. The Morgan fingerprint density at radius 1 is 0.588 bits per heavy atom. The highest BCUT2D eigenvalue weighted by molar-refractivity contribution is 5.97. The highest BCUT2D eigenvalue weighted by Crippen LogP contribution is 2.13. The fraction of sp³-hybridized carbons (Fsp3) is 0.595. The number of phenols is 1. The number of primary amides is 1. The van der Waals surface area contributed by atoms with Gasteiger partial charge in [0.05, 0.1) is 13.2 Å². The molecule has 1 rings (SSSR count). The Hall–Kier alpha value is -6.93. The molecule has 0 unspecified atom stereocenters. The number of aliphatic hydroxyl groups is 1. The van der Waals surface area contributed by atoms with E-state index in [1.807, 2.05) is 0 Å². The molecule has 0 saturated carbocycles. The molecule has 1 aromatic rings. The second kappa shape index (κ2) is 30.4. The molecule has 26 heteroatoms. The van der Waals surface area contributed by atoms with E-state index in [2.05, 4.69) is 42.5 Å². The molecule has 0 aliphatic carbocycles. The molecule has 0 fully saturated rings. The molecule has 0 saturated heterocycles. The summed E-state index contributed by atoms with van der Waals surface area (Å²) in [4.78, 5) is 140. The van der Waals surface area contributed by atoms with Gasteiger partial charge in [0.2, 0.25) is 53.2 Å². The summed E-state index contributed by atoms with van der Waals surface area (Å²) < 4.78 is 0. The zero-order chi connectivity index (χ0) is 51.7. The first-order chi connectivity index (χ1) is 31.9. The first-order valence-electron chi connectivity index (χ1n) is 21.8. The van der Waals surface area contributed by atoms with Crippen LogP contribution in [0.25, 0.3) is 0 Å². The number of carbonyl (C=O) groups excluding carboxylic acids is 9. The van der Waals surface area contributed by atoms with Crippen molar-refractivity contribution in [1.82, 2.24) is 42.5 Å². The van der Waals surface area contributed by atoms with Crippen molar-refractivity contribution in [2.24, 2.45) is 23.1 Å². The predicted molar refractivity (Wildman–Crippen MR) is 240 cm³/mol. The van der Waals surface area contributed by atoms with Crippen LogP contribution in [0.3, 0.4) is 0 Å². The van der Waals surface area contributed by atoms with Crippen LogP contribution < -0.4 is 59.7 Å². The molecule has 0 aliphatic heterocycles. The minimum Gasteiger partial charge on any atom is -0.508 e. The lowest BCUT2D eigenvalue weighted by atomic mass is 10.00. The van der Waals surface area contributed by atoms with E-state index >= 15 is 0 Å². The maximum Gasteiger partial charge on any atom is 0.326 e. The number of benzene rings is 1. The summed E-state index contributed by atoms with van der Waals surface area (Å²) in [5, 5.41) is 56.8. The Morgan fingerprint density at radius 2 is 1.09 bits per heavy atom. The Kier molecular flexibility index (Phi) is 26.4. The number of hydrogen-bond donors (Lipinski definition) is 15. The first kappa shape index (κ1) is 59.1. The topological polar surface area (TPSA) is 443 Å². The molecule has 0 heterocycles. The van der Waals surface area contributed by atoms with E-state index in [0.29, 0.717) is 24.9 Å². The quantitative estimate of drug-likeness (QED) is 0.0301. The van der Waals surface area contributed by atoms with Crippen molar-refractivity contribution >= 4 is 65.1 Å².